The Bertz CT molecular complexity index is 343. The van der Waals surface area contributed by atoms with Gasteiger partial charge in [0.1, 0.15) is 10.1 Å². The number of hydrogen-bond acceptors (Lipinski definition) is 3. The lowest BCUT2D eigenvalue weighted by Gasteiger charge is -2.14. The zero-order valence-corrected chi connectivity index (χ0v) is 10.8. The average Bonchev–Trinajstić information content (AvgIpc) is 2.16. The van der Waals surface area contributed by atoms with Crippen molar-refractivity contribution in [3.63, 3.8) is 0 Å². The van der Waals surface area contributed by atoms with Gasteiger partial charge in [0, 0.05) is 25.4 Å². The highest BCUT2D eigenvalue weighted by Gasteiger charge is 2.07. The Hall–Kier alpha value is -0.740. The Kier molecular flexibility index (Phi) is 4.42. The molecule has 0 aromatic heterocycles. The summed E-state index contributed by atoms with van der Waals surface area (Å²) >= 11 is 6.73. The van der Waals surface area contributed by atoms with Crippen molar-refractivity contribution in [2.45, 2.75) is 12.7 Å². The van der Waals surface area contributed by atoms with Gasteiger partial charge in [0.05, 0.1) is 0 Å². The highest BCUT2D eigenvalue weighted by atomic mass is 32.2. The predicted molar refractivity (Wildman–Crippen MR) is 70.4 cm³/mol. The molecule has 0 saturated heterocycles. The van der Waals surface area contributed by atoms with Gasteiger partial charge in [-0.05, 0) is 18.6 Å². The van der Waals surface area contributed by atoms with Crippen LogP contribution in [0.5, 0.6) is 5.75 Å². The minimum atomic E-state index is 0.351. The van der Waals surface area contributed by atoms with Crippen LogP contribution in [0.25, 0.3) is 0 Å². The zero-order chi connectivity index (χ0) is 11.4. The van der Waals surface area contributed by atoms with Crippen LogP contribution in [0, 0.1) is 6.92 Å². The first-order valence-electron chi connectivity index (χ1n) is 4.64. The number of benzene rings is 1. The molecule has 82 valence electrons. The molecule has 0 fully saturated rings. The van der Waals surface area contributed by atoms with Gasteiger partial charge < -0.3 is 10.0 Å². The van der Waals surface area contributed by atoms with E-state index in [4.69, 9.17) is 12.2 Å². The van der Waals surface area contributed by atoms with Crippen molar-refractivity contribution in [3.05, 3.63) is 29.3 Å². The Labute approximate surface area is 100 Å². The molecule has 0 aliphatic rings. The van der Waals surface area contributed by atoms with Gasteiger partial charge in [-0.2, -0.15) is 0 Å². The van der Waals surface area contributed by atoms with E-state index < -0.39 is 0 Å². The van der Waals surface area contributed by atoms with Crippen molar-refractivity contribution in [1.29, 1.82) is 0 Å². The van der Waals surface area contributed by atoms with Crippen LogP contribution in [0.4, 0.5) is 0 Å². The molecule has 0 amide bonds. The third-order valence-electron chi connectivity index (χ3n) is 2.09. The van der Waals surface area contributed by atoms with Crippen molar-refractivity contribution in [3.8, 4) is 5.75 Å². The van der Waals surface area contributed by atoms with Gasteiger partial charge in [0.2, 0.25) is 0 Å². The number of nitrogens with zero attached hydrogens (tertiary/aromatic N) is 1. The maximum atomic E-state index is 9.67. The van der Waals surface area contributed by atoms with E-state index in [1.807, 2.05) is 38.1 Å². The number of phenols is 1. The molecular formula is C11H15NOS2. The van der Waals surface area contributed by atoms with Gasteiger partial charge in [0.15, 0.2) is 0 Å². The summed E-state index contributed by atoms with van der Waals surface area (Å²) in [5.41, 5.74) is 2.07. The van der Waals surface area contributed by atoms with Crippen LogP contribution < -0.4 is 0 Å². The molecule has 0 saturated carbocycles. The number of thioether (sulfide) groups is 1. The highest BCUT2D eigenvalue weighted by molar-refractivity contribution is 8.22. The molecule has 0 aliphatic heterocycles. The van der Waals surface area contributed by atoms with Crippen LogP contribution in [-0.2, 0) is 5.75 Å². The van der Waals surface area contributed by atoms with Crippen LogP contribution >= 0.6 is 24.0 Å². The third kappa shape index (κ3) is 3.39. The molecule has 0 unspecified atom stereocenters. The van der Waals surface area contributed by atoms with E-state index in [1.54, 1.807) is 17.8 Å². The first kappa shape index (κ1) is 12.3. The lowest BCUT2D eigenvalue weighted by atomic mass is 10.1. The monoisotopic (exact) mass is 241 g/mol. The van der Waals surface area contributed by atoms with Crippen molar-refractivity contribution < 1.29 is 5.11 Å². The van der Waals surface area contributed by atoms with E-state index in [0.29, 0.717) is 5.75 Å². The molecule has 1 rings (SSSR count). The Balaban J connectivity index is 2.69. The van der Waals surface area contributed by atoms with Crippen molar-refractivity contribution in [2.24, 2.45) is 0 Å². The van der Waals surface area contributed by atoms with E-state index in [1.165, 1.54) is 0 Å². The van der Waals surface area contributed by atoms with Crippen molar-refractivity contribution >= 4 is 28.3 Å². The second-order valence-corrected chi connectivity index (χ2v) is 5.13. The molecular weight excluding hydrogens is 226 g/mol. The SMILES string of the molecule is Cc1cccc(O)c1CSC(=S)N(C)C. The molecule has 0 spiro atoms. The molecule has 0 bridgehead atoms. The van der Waals surface area contributed by atoms with E-state index >= 15 is 0 Å². The Morgan fingerprint density at radius 1 is 1.47 bits per heavy atom. The molecule has 1 aromatic rings. The number of hydrogen-bond donors (Lipinski definition) is 1. The van der Waals surface area contributed by atoms with Gasteiger partial charge in [-0.15, -0.1) is 0 Å². The van der Waals surface area contributed by atoms with Gasteiger partial charge in [-0.3, -0.25) is 0 Å². The number of aryl methyl sites for hydroxylation is 1. The lowest BCUT2D eigenvalue weighted by molar-refractivity contribution is 0.470. The first-order valence-corrected chi connectivity index (χ1v) is 6.03. The second kappa shape index (κ2) is 5.37. The predicted octanol–water partition coefficient (Wildman–Crippen LogP) is 2.78. The number of aromatic hydroxyl groups is 1. The summed E-state index contributed by atoms with van der Waals surface area (Å²) in [6.07, 6.45) is 0. The van der Waals surface area contributed by atoms with E-state index in [2.05, 4.69) is 0 Å². The minimum Gasteiger partial charge on any atom is -0.508 e. The van der Waals surface area contributed by atoms with Crippen LogP contribution in [0.15, 0.2) is 18.2 Å². The molecule has 2 nitrogen and oxygen atoms in total. The van der Waals surface area contributed by atoms with Crippen LogP contribution in [-0.4, -0.2) is 28.4 Å². The molecule has 1 aromatic carbocycles. The fourth-order valence-electron chi connectivity index (χ4n) is 1.14. The van der Waals surface area contributed by atoms with Gasteiger partial charge in [-0.25, -0.2) is 0 Å². The Morgan fingerprint density at radius 3 is 2.67 bits per heavy atom. The largest absolute Gasteiger partial charge is 0.508 e. The molecule has 1 N–H and O–H groups in total. The van der Waals surface area contributed by atoms with Crippen LogP contribution in [0.3, 0.4) is 0 Å². The minimum absolute atomic E-state index is 0.351. The van der Waals surface area contributed by atoms with Crippen LogP contribution in [0.2, 0.25) is 0 Å². The van der Waals surface area contributed by atoms with Gasteiger partial charge in [0.25, 0.3) is 0 Å². The molecule has 0 radical (unpaired) electrons. The fourth-order valence-corrected chi connectivity index (χ4v) is 2.22. The highest BCUT2D eigenvalue weighted by Crippen LogP contribution is 2.26. The summed E-state index contributed by atoms with van der Waals surface area (Å²) < 4.78 is 0.831. The molecule has 15 heavy (non-hydrogen) atoms. The fraction of sp³-hybridized carbons (Fsp3) is 0.364. The maximum absolute atomic E-state index is 9.67. The van der Waals surface area contributed by atoms with E-state index in [9.17, 15) is 5.11 Å². The smallest absolute Gasteiger partial charge is 0.136 e. The number of thiocarbonyl (C=S) groups is 1. The van der Waals surface area contributed by atoms with E-state index in [0.717, 1.165) is 21.2 Å². The number of rotatable bonds is 2. The zero-order valence-electron chi connectivity index (χ0n) is 9.15. The summed E-state index contributed by atoms with van der Waals surface area (Å²) in [4.78, 5) is 1.90. The molecule has 0 aliphatic carbocycles. The standard InChI is InChI=1S/C11H15NOS2/c1-8-5-4-6-10(13)9(8)7-15-11(14)12(2)3/h4-6,13H,7H2,1-3H3. The maximum Gasteiger partial charge on any atom is 0.136 e. The molecule has 4 heteroatoms. The van der Waals surface area contributed by atoms with Crippen LogP contribution in [0.1, 0.15) is 11.1 Å². The average molecular weight is 241 g/mol. The topological polar surface area (TPSA) is 23.5 Å². The van der Waals surface area contributed by atoms with E-state index in [-0.39, 0.29) is 0 Å². The third-order valence-corrected chi connectivity index (χ3v) is 3.85. The second-order valence-electron chi connectivity index (χ2n) is 3.52. The summed E-state index contributed by atoms with van der Waals surface area (Å²) in [6, 6.07) is 5.55. The summed E-state index contributed by atoms with van der Waals surface area (Å²) in [5, 5.41) is 9.67. The van der Waals surface area contributed by atoms with Crippen molar-refractivity contribution in [2.75, 3.05) is 14.1 Å². The first-order chi connectivity index (χ1) is 7.02. The van der Waals surface area contributed by atoms with Gasteiger partial charge >= 0.3 is 0 Å². The Morgan fingerprint density at radius 2 is 2.13 bits per heavy atom. The van der Waals surface area contributed by atoms with Gasteiger partial charge in [-0.1, -0.05) is 36.1 Å². The number of phenolic OH excluding ortho intramolecular Hbond substituents is 1. The summed E-state index contributed by atoms with van der Waals surface area (Å²) in [7, 11) is 3.85. The normalized spacial score (nSPS) is 10.1. The molecule has 0 atom stereocenters. The summed E-state index contributed by atoms with van der Waals surface area (Å²) in [5.74, 6) is 1.07. The quantitative estimate of drug-likeness (QED) is 0.804. The molecule has 0 heterocycles. The van der Waals surface area contributed by atoms with Crippen molar-refractivity contribution in [1.82, 2.24) is 4.90 Å². The summed E-state index contributed by atoms with van der Waals surface area (Å²) in [6.45, 7) is 1.99. The lowest BCUT2D eigenvalue weighted by Crippen LogP contribution is -2.16.